The topological polar surface area (TPSA) is 61.0 Å². The minimum atomic E-state index is 0.0969. The van der Waals surface area contributed by atoms with Crippen LogP contribution in [0.2, 0.25) is 0 Å². The molecule has 16 heavy (non-hydrogen) atoms. The molecule has 0 saturated carbocycles. The zero-order valence-electron chi connectivity index (χ0n) is 9.79. The van der Waals surface area contributed by atoms with E-state index in [4.69, 9.17) is 0 Å². The monoisotopic (exact) mass is 222 g/mol. The van der Waals surface area contributed by atoms with E-state index in [1.165, 1.54) is 0 Å². The average molecular weight is 222 g/mol. The maximum Gasteiger partial charge on any atom is 0.257 e. The molecule has 0 radical (unpaired) electrons. The summed E-state index contributed by atoms with van der Waals surface area (Å²) in [7, 11) is 0. The van der Waals surface area contributed by atoms with Gasteiger partial charge in [-0.15, -0.1) is 0 Å². The molecular formula is C11H18N4O. The Morgan fingerprint density at radius 3 is 2.81 bits per heavy atom. The van der Waals surface area contributed by atoms with Gasteiger partial charge in [0.05, 0.1) is 17.8 Å². The van der Waals surface area contributed by atoms with Crippen molar-refractivity contribution in [1.82, 2.24) is 20.4 Å². The Morgan fingerprint density at radius 2 is 2.38 bits per heavy atom. The lowest BCUT2D eigenvalue weighted by atomic mass is 10.1. The van der Waals surface area contributed by atoms with E-state index in [0.29, 0.717) is 11.6 Å². The molecule has 0 aromatic carbocycles. The molecule has 88 valence electrons. The smallest absolute Gasteiger partial charge is 0.257 e. The van der Waals surface area contributed by atoms with Gasteiger partial charge >= 0.3 is 0 Å². The van der Waals surface area contributed by atoms with Gasteiger partial charge in [-0.25, -0.2) is 0 Å². The Bertz CT molecular complexity index is 370. The van der Waals surface area contributed by atoms with Gasteiger partial charge in [-0.05, 0) is 13.3 Å². The van der Waals surface area contributed by atoms with Crippen molar-refractivity contribution in [3.63, 3.8) is 0 Å². The highest BCUT2D eigenvalue weighted by molar-refractivity contribution is 5.95. The third kappa shape index (κ3) is 1.95. The highest BCUT2D eigenvalue weighted by Gasteiger charge is 2.29. The standard InChI is InChI=1S/C11H18N4O/c1-3-4-15(9-5-12-6-9)11(16)10-7-13-14-8(10)2/h7,9,12H,3-6H2,1-2H3,(H,13,14). The molecule has 0 bridgehead atoms. The van der Waals surface area contributed by atoms with Crippen LogP contribution < -0.4 is 5.32 Å². The number of aromatic nitrogens is 2. The van der Waals surface area contributed by atoms with Crippen LogP contribution in [0.3, 0.4) is 0 Å². The first kappa shape index (κ1) is 11.1. The molecule has 5 heteroatoms. The van der Waals surface area contributed by atoms with Crippen molar-refractivity contribution in [2.24, 2.45) is 0 Å². The minimum Gasteiger partial charge on any atom is -0.333 e. The summed E-state index contributed by atoms with van der Waals surface area (Å²) in [6.07, 6.45) is 2.60. The number of aryl methyl sites for hydroxylation is 1. The van der Waals surface area contributed by atoms with Crippen LogP contribution in [0.25, 0.3) is 0 Å². The largest absolute Gasteiger partial charge is 0.333 e. The fourth-order valence-electron chi connectivity index (χ4n) is 1.91. The van der Waals surface area contributed by atoms with Crippen molar-refractivity contribution >= 4 is 5.91 Å². The van der Waals surface area contributed by atoms with E-state index in [0.717, 1.165) is 31.7 Å². The number of hydrogen-bond acceptors (Lipinski definition) is 3. The van der Waals surface area contributed by atoms with Crippen molar-refractivity contribution < 1.29 is 4.79 Å². The van der Waals surface area contributed by atoms with Crippen molar-refractivity contribution in [1.29, 1.82) is 0 Å². The molecule has 0 spiro atoms. The number of nitrogens with zero attached hydrogens (tertiary/aromatic N) is 2. The van der Waals surface area contributed by atoms with E-state index in [-0.39, 0.29) is 5.91 Å². The minimum absolute atomic E-state index is 0.0969. The predicted octanol–water partition coefficient (Wildman–Crippen LogP) is 0.542. The first-order chi connectivity index (χ1) is 7.74. The van der Waals surface area contributed by atoms with Crippen LogP contribution in [0.1, 0.15) is 29.4 Å². The lowest BCUT2D eigenvalue weighted by Crippen LogP contribution is -2.59. The van der Waals surface area contributed by atoms with E-state index in [9.17, 15) is 4.79 Å². The Morgan fingerprint density at radius 1 is 1.62 bits per heavy atom. The molecule has 1 amide bonds. The number of nitrogens with one attached hydrogen (secondary N) is 2. The summed E-state index contributed by atoms with van der Waals surface area (Å²) in [4.78, 5) is 14.2. The molecule has 1 aromatic rings. The Kier molecular flexibility index (Phi) is 3.24. The summed E-state index contributed by atoms with van der Waals surface area (Å²) in [6, 6.07) is 0.349. The zero-order chi connectivity index (χ0) is 11.5. The van der Waals surface area contributed by atoms with Crippen molar-refractivity contribution in [3.05, 3.63) is 17.5 Å². The van der Waals surface area contributed by atoms with Gasteiger partial charge < -0.3 is 10.2 Å². The molecule has 5 nitrogen and oxygen atoms in total. The first-order valence-corrected chi connectivity index (χ1v) is 5.75. The fourth-order valence-corrected chi connectivity index (χ4v) is 1.91. The van der Waals surface area contributed by atoms with Crippen LogP contribution in [0.15, 0.2) is 6.20 Å². The van der Waals surface area contributed by atoms with Crippen LogP contribution in [0.5, 0.6) is 0 Å². The molecule has 0 atom stereocenters. The SMILES string of the molecule is CCCN(C(=O)c1cn[nH]c1C)C1CNC1. The third-order valence-corrected chi connectivity index (χ3v) is 2.99. The van der Waals surface area contributed by atoms with Gasteiger partial charge in [0.25, 0.3) is 5.91 Å². The lowest BCUT2D eigenvalue weighted by Gasteiger charge is -2.38. The molecule has 2 N–H and O–H groups in total. The van der Waals surface area contributed by atoms with E-state index in [1.807, 2.05) is 11.8 Å². The van der Waals surface area contributed by atoms with Crippen LogP contribution >= 0.6 is 0 Å². The van der Waals surface area contributed by atoms with Crippen LogP contribution in [0, 0.1) is 6.92 Å². The summed E-state index contributed by atoms with van der Waals surface area (Å²) in [6.45, 7) is 6.60. The molecule has 1 fully saturated rings. The lowest BCUT2D eigenvalue weighted by molar-refractivity contribution is 0.0615. The van der Waals surface area contributed by atoms with Gasteiger partial charge in [0, 0.05) is 25.3 Å². The predicted molar refractivity (Wildman–Crippen MR) is 61.3 cm³/mol. The van der Waals surface area contributed by atoms with Gasteiger partial charge in [-0.3, -0.25) is 9.89 Å². The Labute approximate surface area is 95.2 Å². The molecule has 0 aliphatic carbocycles. The highest BCUT2D eigenvalue weighted by atomic mass is 16.2. The number of aromatic amines is 1. The van der Waals surface area contributed by atoms with Gasteiger partial charge in [-0.1, -0.05) is 6.92 Å². The molecule has 1 saturated heterocycles. The maximum atomic E-state index is 12.3. The molecule has 1 aromatic heterocycles. The van der Waals surface area contributed by atoms with Crippen LogP contribution in [0.4, 0.5) is 0 Å². The zero-order valence-corrected chi connectivity index (χ0v) is 9.79. The van der Waals surface area contributed by atoms with Crippen molar-refractivity contribution in [3.8, 4) is 0 Å². The summed E-state index contributed by atoms with van der Waals surface area (Å²) in [5, 5.41) is 9.91. The van der Waals surface area contributed by atoms with Crippen molar-refractivity contribution in [2.75, 3.05) is 19.6 Å². The number of carbonyl (C=O) groups excluding carboxylic acids is 1. The summed E-state index contributed by atoms with van der Waals surface area (Å²) >= 11 is 0. The third-order valence-electron chi connectivity index (χ3n) is 2.99. The van der Waals surface area contributed by atoms with Gasteiger partial charge in [0.2, 0.25) is 0 Å². The summed E-state index contributed by atoms with van der Waals surface area (Å²) < 4.78 is 0. The summed E-state index contributed by atoms with van der Waals surface area (Å²) in [5.74, 6) is 0.0969. The second-order valence-corrected chi connectivity index (χ2v) is 4.22. The number of amides is 1. The fraction of sp³-hybridized carbons (Fsp3) is 0.636. The summed E-state index contributed by atoms with van der Waals surface area (Å²) in [5.41, 5.74) is 1.54. The van der Waals surface area contributed by atoms with Crippen molar-refractivity contribution in [2.45, 2.75) is 26.3 Å². The number of H-pyrrole nitrogens is 1. The Hall–Kier alpha value is -1.36. The number of hydrogen-bond donors (Lipinski definition) is 2. The number of rotatable bonds is 4. The van der Waals surface area contributed by atoms with Crippen LogP contribution in [-0.2, 0) is 0 Å². The van der Waals surface area contributed by atoms with Gasteiger partial charge in [-0.2, -0.15) is 5.10 Å². The Balaban J connectivity index is 2.13. The van der Waals surface area contributed by atoms with E-state index in [1.54, 1.807) is 6.20 Å². The molecule has 1 aliphatic rings. The number of carbonyl (C=O) groups is 1. The van der Waals surface area contributed by atoms with E-state index in [2.05, 4.69) is 22.4 Å². The highest BCUT2D eigenvalue weighted by Crippen LogP contribution is 2.13. The first-order valence-electron chi connectivity index (χ1n) is 5.75. The molecule has 0 unspecified atom stereocenters. The molecule has 2 rings (SSSR count). The van der Waals surface area contributed by atoms with Gasteiger partial charge in [0.1, 0.15) is 0 Å². The normalized spacial score (nSPS) is 15.9. The second-order valence-electron chi connectivity index (χ2n) is 4.22. The van der Waals surface area contributed by atoms with E-state index >= 15 is 0 Å². The van der Waals surface area contributed by atoms with Crippen LogP contribution in [-0.4, -0.2) is 46.7 Å². The molecule has 2 heterocycles. The average Bonchev–Trinajstić information content (AvgIpc) is 2.60. The second kappa shape index (κ2) is 4.65. The van der Waals surface area contributed by atoms with Gasteiger partial charge in [0.15, 0.2) is 0 Å². The maximum absolute atomic E-state index is 12.3. The molecular weight excluding hydrogens is 204 g/mol. The molecule has 1 aliphatic heterocycles. The quantitative estimate of drug-likeness (QED) is 0.781. The van der Waals surface area contributed by atoms with E-state index < -0.39 is 0 Å².